The Morgan fingerprint density at radius 3 is 2.46 bits per heavy atom. The van der Waals surface area contributed by atoms with Crippen molar-refractivity contribution < 1.29 is 14.7 Å². The lowest BCUT2D eigenvalue weighted by Gasteiger charge is -2.25. The number of aromatic nitrogens is 2. The van der Waals surface area contributed by atoms with Gasteiger partial charge in [0.15, 0.2) is 0 Å². The van der Waals surface area contributed by atoms with E-state index >= 15 is 0 Å². The molecule has 3 aromatic rings. The topological polar surface area (TPSA) is 92.2 Å². The van der Waals surface area contributed by atoms with Gasteiger partial charge in [-0.05, 0) is 24.6 Å². The number of thiazole rings is 1. The highest BCUT2D eigenvalue weighted by Gasteiger charge is 2.35. The van der Waals surface area contributed by atoms with E-state index in [1.807, 2.05) is 11.4 Å². The number of carboxylic acid groups (broad SMARTS) is 1. The van der Waals surface area contributed by atoms with E-state index in [-0.39, 0.29) is 12.5 Å². The van der Waals surface area contributed by atoms with Crippen LogP contribution < -0.4 is 5.32 Å². The van der Waals surface area contributed by atoms with E-state index in [1.54, 1.807) is 48.8 Å². The number of rotatable bonds is 6. The SMILES string of the molecule is CC(CNC(=O)c1ccc(-c2cscn2)nc1)(C(=O)O)c1ccccc1. The minimum Gasteiger partial charge on any atom is -0.481 e. The third-order valence-electron chi connectivity index (χ3n) is 4.21. The molecule has 1 atom stereocenters. The van der Waals surface area contributed by atoms with Gasteiger partial charge in [0.25, 0.3) is 5.91 Å². The molecule has 0 spiro atoms. The number of amides is 1. The molecule has 2 heterocycles. The van der Waals surface area contributed by atoms with Crippen molar-refractivity contribution in [3.8, 4) is 11.4 Å². The third-order valence-corrected chi connectivity index (χ3v) is 4.79. The lowest BCUT2D eigenvalue weighted by atomic mass is 9.82. The largest absolute Gasteiger partial charge is 0.481 e. The molecule has 3 rings (SSSR count). The van der Waals surface area contributed by atoms with Crippen molar-refractivity contribution in [2.24, 2.45) is 0 Å². The third kappa shape index (κ3) is 3.62. The molecular formula is C19H17N3O3S. The van der Waals surface area contributed by atoms with Gasteiger partial charge in [-0.3, -0.25) is 14.6 Å². The van der Waals surface area contributed by atoms with E-state index < -0.39 is 11.4 Å². The minimum atomic E-state index is -1.22. The number of nitrogens with one attached hydrogen (secondary N) is 1. The fraction of sp³-hybridized carbons (Fsp3) is 0.158. The number of benzene rings is 1. The van der Waals surface area contributed by atoms with E-state index in [2.05, 4.69) is 15.3 Å². The maximum Gasteiger partial charge on any atom is 0.315 e. The van der Waals surface area contributed by atoms with E-state index in [0.29, 0.717) is 16.8 Å². The van der Waals surface area contributed by atoms with Crippen molar-refractivity contribution in [3.63, 3.8) is 0 Å². The molecule has 0 aliphatic carbocycles. The number of carbonyl (C=O) groups is 2. The Labute approximate surface area is 154 Å². The van der Waals surface area contributed by atoms with Crippen LogP contribution in [0.25, 0.3) is 11.4 Å². The molecule has 1 aromatic carbocycles. The highest BCUT2D eigenvalue weighted by Crippen LogP contribution is 2.23. The van der Waals surface area contributed by atoms with Crippen LogP contribution in [0.15, 0.2) is 59.6 Å². The Balaban J connectivity index is 1.72. The molecule has 0 bridgehead atoms. The first-order valence-electron chi connectivity index (χ1n) is 7.92. The summed E-state index contributed by atoms with van der Waals surface area (Å²) in [6.07, 6.45) is 1.46. The highest BCUT2D eigenvalue weighted by molar-refractivity contribution is 7.07. The molecule has 0 radical (unpaired) electrons. The zero-order valence-electron chi connectivity index (χ0n) is 14.0. The van der Waals surface area contributed by atoms with Crippen molar-refractivity contribution in [1.29, 1.82) is 0 Å². The van der Waals surface area contributed by atoms with Crippen LogP contribution in [0.4, 0.5) is 0 Å². The van der Waals surface area contributed by atoms with Crippen LogP contribution in [-0.4, -0.2) is 33.5 Å². The van der Waals surface area contributed by atoms with Crippen LogP contribution in [0.2, 0.25) is 0 Å². The Hall–Kier alpha value is -3.06. The second-order valence-corrected chi connectivity index (χ2v) is 6.71. The Bertz CT molecular complexity index is 896. The van der Waals surface area contributed by atoms with Crippen LogP contribution >= 0.6 is 11.3 Å². The summed E-state index contributed by atoms with van der Waals surface area (Å²) in [5, 5.41) is 14.2. The summed E-state index contributed by atoms with van der Waals surface area (Å²) in [6, 6.07) is 12.2. The van der Waals surface area contributed by atoms with Gasteiger partial charge in [0.05, 0.1) is 22.5 Å². The van der Waals surface area contributed by atoms with Crippen LogP contribution in [0.5, 0.6) is 0 Å². The van der Waals surface area contributed by atoms with E-state index in [9.17, 15) is 14.7 Å². The van der Waals surface area contributed by atoms with E-state index in [1.165, 1.54) is 17.5 Å². The Kier molecular flexibility index (Phi) is 5.09. The average molecular weight is 367 g/mol. The maximum atomic E-state index is 12.4. The molecule has 2 aromatic heterocycles. The molecule has 132 valence electrons. The van der Waals surface area contributed by atoms with Crippen molar-refractivity contribution in [1.82, 2.24) is 15.3 Å². The van der Waals surface area contributed by atoms with Gasteiger partial charge in [0.1, 0.15) is 5.41 Å². The van der Waals surface area contributed by atoms with Crippen LogP contribution in [-0.2, 0) is 10.2 Å². The van der Waals surface area contributed by atoms with Crippen molar-refractivity contribution in [2.45, 2.75) is 12.3 Å². The van der Waals surface area contributed by atoms with Gasteiger partial charge in [-0.1, -0.05) is 30.3 Å². The smallest absolute Gasteiger partial charge is 0.315 e. The summed E-state index contributed by atoms with van der Waals surface area (Å²) in [4.78, 5) is 32.6. The first kappa shape index (κ1) is 17.8. The maximum absolute atomic E-state index is 12.4. The van der Waals surface area contributed by atoms with Crippen molar-refractivity contribution in [3.05, 3.63) is 70.7 Å². The minimum absolute atomic E-state index is 0.0288. The number of hydrogen-bond donors (Lipinski definition) is 2. The van der Waals surface area contributed by atoms with Crippen LogP contribution in [0.1, 0.15) is 22.8 Å². The standard InChI is InChI=1S/C19H17N3O3S/c1-19(18(24)25,14-5-3-2-4-6-14)11-21-17(23)13-7-8-15(20-9-13)16-10-26-12-22-16/h2-10,12H,11H2,1H3,(H,21,23)(H,24,25). The Morgan fingerprint density at radius 2 is 1.88 bits per heavy atom. The normalized spacial score (nSPS) is 13.0. The van der Waals surface area contributed by atoms with Gasteiger partial charge in [-0.2, -0.15) is 0 Å². The number of carbonyl (C=O) groups excluding carboxylic acids is 1. The molecule has 6 nitrogen and oxygen atoms in total. The second-order valence-electron chi connectivity index (χ2n) is 5.99. The first-order valence-corrected chi connectivity index (χ1v) is 8.87. The molecule has 1 unspecified atom stereocenters. The fourth-order valence-electron chi connectivity index (χ4n) is 2.48. The summed E-state index contributed by atoms with van der Waals surface area (Å²) < 4.78 is 0. The molecule has 0 saturated heterocycles. The molecule has 7 heteroatoms. The highest BCUT2D eigenvalue weighted by atomic mass is 32.1. The van der Waals surface area contributed by atoms with Gasteiger partial charge in [0.2, 0.25) is 0 Å². The molecule has 2 N–H and O–H groups in total. The van der Waals surface area contributed by atoms with E-state index in [4.69, 9.17) is 0 Å². The summed E-state index contributed by atoms with van der Waals surface area (Å²) in [5.41, 5.74) is 2.93. The predicted molar refractivity (Wildman–Crippen MR) is 99.1 cm³/mol. The monoisotopic (exact) mass is 367 g/mol. The van der Waals surface area contributed by atoms with E-state index in [0.717, 1.165) is 5.69 Å². The summed E-state index contributed by atoms with van der Waals surface area (Å²) in [5.74, 6) is -1.37. The van der Waals surface area contributed by atoms with Gasteiger partial charge in [-0.15, -0.1) is 11.3 Å². The summed E-state index contributed by atoms with van der Waals surface area (Å²) >= 11 is 1.47. The van der Waals surface area contributed by atoms with Crippen LogP contribution in [0, 0.1) is 0 Å². The summed E-state index contributed by atoms with van der Waals surface area (Å²) in [6.45, 7) is 1.56. The number of aliphatic carboxylic acids is 1. The molecule has 0 saturated carbocycles. The zero-order chi connectivity index (χ0) is 18.6. The number of nitrogens with zero attached hydrogens (tertiary/aromatic N) is 2. The molecule has 26 heavy (non-hydrogen) atoms. The van der Waals surface area contributed by atoms with Crippen LogP contribution in [0.3, 0.4) is 0 Å². The molecule has 0 aliphatic heterocycles. The number of hydrogen-bond acceptors (Lipinski definition) is 5. The average Bonchev–Trinajstić information content (AvgIpc) is 3.21. The first-order chi connectivity index (χ1) is 12.5. The van der Waals surface area contributed by atoms with Gasteiger partial charge >= 0.3 is 5.97 Å². The van der Waals surface area contributed by atoms with Gasteiger partial charge < -0.3 is 10.4 Å². The molecular weight excluding hydrogens is 350 g/mol. The molecule has 1 amide bonds. The fourth-order valence-corrected chi connectivity index (χ4v) is 3.03. The van der Waals surface area contributed by atoms with Gasteiger partial charge in [-0.25, -0.2) is 4.98 Å². The Morgan fingerprint density at radius 1 is 1.12 bits per heavy atom. The van der Waals surface area contributed by atoms with Crippen molar-refractivity contribution in [2.75, 3.05) is 6.54 Å². The molecule has 0 fully saturated rings. The lowest BCUT2D eigenvalue weighted by Crippen LogP contribution is -2.44. The quantitative estimate of drug-likeness (QED) is 0.699. The second kappa shape index (κ2) is 7.45. The lowest BCUT2D eigenvalue weighted by molar-refractivity contribution is -0.142. The van der Waals surface area contributed by atoms with Gasteiger partial charge in [0, 0.05) is 18.1 Å². The van der Waals surface area contributed by atoms with Crippen molar-refractivity contribution >= 4 is 23.2 Å². The number of carboxylic acids is 1. The number of pyridine rings is 1. The molecule has 0 aliphatic rings. The summed E-state index contributed by atoms with van der Waals surface area (Å²) in [7, 11) is 0. The zero-order valence-corrected chi connectivity index (χ0v) is 14.9. The predicted octanol–water partition coefficient (Wildman–Crippen LogP) is 2.98.